The van der Waals surface area contributed by atoms with E-state index >= 15 is 0 Å². The summed E-state index contributed by atoms with van der Waals surface area (Å²) in [6.07, 6.45) is 1.48. The average Bonchev–Trinajstić information content (AvgIpc) is 3.22. The first-order chi connectivity index (χ1) is 14.2. The zero-order valence-corrected chi connectivity index (χ0v) is 16.0. The lowest BCUT2D eigenvalue weighted by Gasteiger charge is -2.05. The zero-order valence-electron chi connectivity index (χ0n) is 15.2. The Balaban J connectivity index is 1.63. The van der Waals surface area contributed by atoms with E-state index in [4.69, 9.17) is 11.6 Å². The van der Waals surface area contributed by atoms with Crippen LogP contribution in [0.15, 0.2) is 90.0 Å². The molecule has 6 nitrogen and oxygen atoms in total. The summed E-state index contributed by atoms with van der Waals surface area (Å²) in [5, 5.41) is 8.90. The molecular weight excluding hydrogens is 386 g/mol. The fourth-order valence-corrected chi connectivity index (χ4v) is 2.91. The van der Waals surface area contributed by atoms with Gasteiger partial charge in [0.05, 0.1) is 11.9 Å². The maximum Gasteiger partial charge on any atom is 0.311 e. The summed E-state index contributed by atoms with van der Waals surface area (Å²) < 4.78 is 1.64. The first-order valence-corrected chi connectivity index (χ1v) is 9.26. The molecule has 0 saturated carbocycles. The monoisotopic (exact) mass is 401 g/mol. The van der Waals surface area contributed by atoms with E-state index in [1.54, 1.807) is 16.8 Å². The Bertz CT molecular complexity index is 1100. The lowest BCUT2D eigenvalue weighted by atomic mass is 10.2. The van der Waals surface area contributed by atoms with Crippen LogP contribution in [0, 0.1) is 0 Å². The Morgan fingerprint density at radius 2 is 1.59 bits per heavy atom. The van der Waals surface area contributed by atoms with E-state index < -0.39 is 5.91 Å². The Hall–Kier alpha value is -3.77. The van der Waals surface area contributed by atoms with Crippen LogP contribution in [0.1, 0.15) is 16.2 Å². The van der Waals surface area contributed by atoms with Gasteiger partial charge < -0.3 is 0 Å². The molecule has 0 aliphatic rings. The third-order valence-electron chi connectivity index (χ3n) is 4.12. The molecule has 7 heteroatoms. The van der Waals surface area contributed by atoms with Gasteiger partial charge in [0.15, 0.2) is 5.82 Å². The van der Waals surface area contributed by atoms with Gasteiger partial charge in [-0.15, -0.1) is 5.10 Å². The Morgan fingerprint density at radius 1 is 0.931 bits per heavy atom. The number of hydrazone groups is 1. The number of amides is 1. The smallest absolute Gasteiger partial charge is 0.264 e. The van der Waals surface area contributed by atoms with Crippen LogP contribution in [-0.2, 0) is 0 Å². The van der Waals surface area contributed by atoms with E-state index in [2.05, 4.69) is 20.6 Å². The van der Waals surface area contributed by atoms with Gasteiger partial charge in [0.1, 0.15) is 0 Å². The maximum atomic E-state index is 12.6. The fraction of sp³-hybridized carbons (Fsp3) is 0. The molecule has 0 spiro atoms. The van der Waals surface area contributed by atoms with Crippen molar-refractivity contribution >= 4 is 23.7 Å². The molecule has 3 aromatic carbocycles. The van der Waals surface area contributed by atoms with Crippen LogP contribution >= 0.6 is 11.6 Å². The quantitative estimate of drug-likeness (QED) is 0.399. The van der Waals surface area contributed by atoms with Gasteiger partial charge in [-0.05, 0) is 18.2 Å². The number of carbonyl (C=O) groups is 1. The number of nitrogens with zero attached hydrogens (tertiary/aromatic N) is 4. The summed E-state index contributed by atoms with van der Waals surface area (Å²) in [7, 11) is 0. The largest absolute Gasteiger partial charge is 0.311 e. The number of aromatic nitrogens is 3. The number of rotatable bonds is 5. The van der Waals surface area contributed by atoms with Crippen molar-refractivity contribution in [1.82, 2.24) is 20.2 Å². The van der Waals surface area contributed by atoms with Crippen LogP contribution in [0.2, 0.25) is 5.02 Å². The van der Waals surface area contributed by atoms with E-state index in [1.165, 1.54) is 6.21 Å². The van der Waals surface area contributed by atoms with Crippen molar-refractivity contribution in [3.63, 3.8) is 0 Å². The second-order valence-electron chi connectivity index (χ2n) is 6.09. The Kier molecular flexibility index (Phi) is 5.45. The minimum Gasteiger partial charge on any atom is -0.264 e. The van der Waals surface area contributed by atoms with Gasteiger partial charge in [0.2, 0.25) is 5.82 Å². The molecule has 29 heavy (non-hydrogen) atoms. The highest BCUT2D eigenvalue weighted by atomic mass is 35.5. The van der Waals surface area contributed by atoms with Crippen molar-refractivity contribution in [3.8, 4) is 17.1 Å². The predicted molar refractivity (Wildman–Crippen MR) is 113 cm³/mol. The first-order valence-electron chi connectivity index (χ1n) is 8.88. The molecule has 0 atom stereocenters. The number of halogens is 1. The molecule has 0 aliphatic carbocycles. The number of carbonyl (C=O) groups excluding carboxylic acids is 1. The number of hydrogen-bond acceptors (Lipinski definition) is 4. The number of nitrogens with one attached hydrogen (secondary N) is 1. The van der Waals surface area contributed by atoms with Crippen LogP contribution < -0.4 is 5.43 Å². The van der Waals surface area contributed by atoms with E-state index in [1.807, 2.05) is 72.8 Å². The van der Waals surface area contributed by atoms with Gasteiger partial charge in [-0.3, -0.25) is 4.79 Å². The third kappa shape index (κ3) is 4.23. The van der Waals surface area contributed by atoms with E-state index in [0.29, 0.717) is 16.4 Å². The second kappa shape index (κ2) is 8.50. The van der Waals surface area contributed by atoms with Crippen molar-refractivity contribution in [1.29, 1.82) is 0 Å². The van der Waals surface area contributed by atoms with Gasteiger partial charge in [0.25, 0.3) is 0 Å². The molecule has 0 aliphatic heterocycles. The molecule has 0 radical (unpaired) electrons. The van der Waals surface area contributed by atoms with E-state index in [0.717, 1.165) is 11.3 Å². The first kappa shape index (κ1) is 18.6. The summed E-state index contributed by atoms with van der Waals surface area (Å²) >= 11 is 6.08. The minimum atomic E-state index is -0.514. The molecule has 1 heterocycles. The number of hydrogen-bond donors (Lipinski definition) is 1. The van der Waals surface area contributed by atoms with Crippen LogP contribution in [0.25, 0.3) is 17.1 Å². The minimum absolute atomic E-state index is 0.0176. The standard InChI is InChI=1S/C22H16ClN5O/c23-19-14-8-7-11-17(19)15-24-26-22(29)20-25-21(16-9-3-1-4-10-16)28(27-20)18-12-5-2-6-13-18/h1-15H,(H,26,29)/b24-15+. The van der Waals surface area contributed by atoms with Gasteiger partial charge >= 0.3 is 5.91 Å². The van der Waals surface area contributed by atoms with Crippen LogP contribution in [0.5, 0.6) is 0 Å². The van der Waals surface area contributed by atoms with Crippen LogP contribution in [0.3, 0.4) is 0 Å². The van der Waals surface area contributed by atoms with Crippen molar-refractivity contribution in [3.05, 3.63) is 101 Å². The van der Waals surface area contributed by atoms with Gasteiger partial charge in [-0.1, -0.05) is 78.3 Å². The molecule has 1 amide bonds. The topological polar surface area (TPSA) is 72.2 Å². The predicted octanol–water partition coefficient (Wildman–Crippen LogP) is 4.35. The highest BCUT2D eigenvalue weighted by molar-refractivity contribution is 6.33. The lowest BCUT2D eigenvalue weighted by Crippen LogP contribution is -2.19. The third-order valence-corrected chi connectivity index (χ3v) is 4.46. The molecule has 1 N–H and O–H groups in total. The highest BCUT2D eigenvalue weighted by Crippen LogP contribution is 2.21. The maximum absolute atomic E-state index is 12.6. The molecule has 142 valence electrons. The fourth-order valence-electron chi connectivity index (χ4n) is 2.72. The molecule has 0 unspecified atom stereocenters. The van der Waals surface area contributed by atoms with Crippen LogP contribution in [0.4, 0.5) is 0 Å². The van der Waals surface area contributed by atoms with Crippen molar-refractivity contribution < 1.29 is 4.79 Å². The molecule has 1 aromatic heterocycles. The van der Waals surface area contributed by atoms with Crippen LogP contribution in [-0.4, -0.2) is 26.9 Å². The zero-order chi connectivity index (χ0) is 20.1. The second-order valence-corrected chi connectivity index (χ2v) is 6.50. The summed E-state index contributed by atoms with van der Waals surface area (Å²) in [6.45, 7) is 0. The molecule has 4 aromatic rings. The van der Waals surface area contributed by atoms with Gasteiger partial charge in [-0.2, -0.15) is 5.10 Å². The van der Waals surface area contributed by atoms with Crippen molar-refractivity contribution in [2.45, 2.75) is 0 Å². The average molecular weight is 402 g/mol. The highest BCUT2D eigenvalue weighted by Gasteiger charge is 2.18. The molecule has 0 bridgehead atoms. The van der Waals surface area contributed by atoms with Crippen molar-refractivity contribution in [2.75, 3.05) is 0 Å². The van der Waals surface area contributed by atoms with E-state index in [-0.39, 0.29) is 5.82 Å². The molecule has 4 rings (SSSR count). The Labute approximate surface area is 172 Å². The normalized spacial score (nSPS) is 10.9. The van der Waals surface area contributed by atoms with E-state index in [9.17, 15) is 4.79 Å². The summed E-state index contributed by atoms with van der Waals surface area (Å²) in [4.78, 5) is 17.0. The lowest BCUT2D eigenvalue weighted by molar-refractivity contribution is 0.0945. The molecule has 0 saturated heterocycles. The molecule has 0 fully saturated rings. The summed E-state index contributed by atoms with van der Waals surface area (Å²) in [5.41, 5.74) is 4.80. The SMILES string of the molecule is O=C(N/N=C/c1ccccc1Cl)c1nc(-c2ccccc2)n(-c2ccccc2)n1. The Morgan fingerprint density at radius 3 is 2.31 bits per heavy atom. The summed E-state index contributed by atoms with van der Waals surface area (Å²) in [6, 6.07) is 26.3. The van der Waals surface area contributed by atoms with Gasteiger partial charge in [-0.25, -0.2) is 15.1 Å². The number of para-hydroxylation sites is 1. The van der Waals surface area contributed by atoms with Crippen molar-refractivity contribution in [2.24, 2.45) is 5.10 Å². The molecular formula is C22H16ClN5O. The number of benzene rings is 3. The summed E-state index contributed by atoms with van der Waals surface area (Å²) in [5.74, 6) is 0.0706. The van der Waals surface area contributed by atoms with Gasteiger partial charge in [0, 0.05) is 16.1 Å².